The van der Waals surface area contributed by atoms with Crippen molar-refractivity contribution in [2.24, 2.45) is 11.0 Å². The van der Waals surface area contributed by atoms with Crippen LogP contribution in [0.25, 0.3) is 0 Å². The van der Waals surface area contributed by atoms with Crippen LogP contribution in [0.3, 0.4) is 0 Å². The number of carbonyl (C=O) groups is 1. The van der Waals surface area contributed by atoms with E-state index >= 15 is 0 Å². The highest BCUT2D eigenvalue weighted by Crippen LogP contribution is 2.12. The number of hydrazine groups is 1. The van der Waals surface area contributed by atoms with Crippen LogP contribution >= 0.6 is 0 Å². The maximum Gasteiger partial charge on any atom is 0.333 e. The van der Waals surface area contributed by atoms with E-state index in [0.29, 0.717) is 5.69 Å². The molecule has 2 amide bonds. The lowest BCUT2D eigenvalue weighted by Crippen LogP contribution is -2.34. The number of anilines is 1. The molecule has 0 aliphatic carbocycles. The van der Waals surface area contributed by atoms with E-state index in [1.165, 1.54) is 24.3 Å². The Bertz CT molecular complexity index is 454. The van der Waals surface area contributed by atoms with Crippen molar-refractivity contribution < 1.29 is 13.2 Å². The van der Waals surface area contributed by atoms with Gasteiger partial charge in [-0.2, -0.15) is 0 Å². The number of nitrogens with one attached hydrogen (secondary N) is 2. The molecule has 0 bridgehead atoms. The molecule has 0 fully saturated rings. The maximum atomic E-state index is 10.9. The summed E-state index contributed by atoms with van der Waals surface area (Å²) in [6, 6.07) is 4.76. The largest absolute Gasteiger partial charge is 0.333 e. The van der Waals surface area contributed by atoms with Gasteiger partial charge in [0, 0.05) is 5.69 Å². The number of carbonyl (C=O) groups excluding carboxylic acids is 1. The molecule has 0 saturated heterocycles. The number of rotatable bonds is 2. The van der Waals surface area contributed by atoms with Crippen LogP contribution < -0.4 is 21.7 Å². The molecular formula is C7H10N4O3S. The van der Waals surface area contributed by atoms with Crippen molar-refractivity contribution in [1.82, 2.24) is 5.43 Å². The first kappa shape index (κ1) is 11.4. The van der Waals surface area contributed by atoms with Crippen LogP contribution in [0, 0.1) is 0 Å². The zero-order valence-electron chi connectivity index (χ0n) is 7.60. The molecule has 0 aliphatic rings. The molecule has 6 N–H and O–H groups in total. The number of benzene rings is 1. The molecule has 0 saturated carbocycles. The van der Waals surface area contributed by atoms with Crippen LogP contribution in [-0.4, -0.2) is 14.4 Å². The van der Waals surface area contributed by atoms with Gasteiger partial charge in [0.25, 0.3) is 0 Å². The summed E-state index contributed by atoms with van der Waals surface area (Å²) in [5.74, 6) is 4.84. The summed E-state index contributed by atoms with van der Waals surface area (Å²) in [6.07, 6.45) is 0. The molecule has 0 atom stereocenters. The Morgan fingerprint density at radius 3 is 2.13 bits per heavy atom. The Morgan fingerprint density at radius 2 is 1.73 bits per heavy atom. The number of hydrogen-bond acceptors (Lipinski definition) is 4. The number of amides is 2. The lowest BCUT2D eigenvalue weighted by atomic mass is 10.3. The summed E-state index contributed by atoms with van der Waals surface area (Å²) >= 11 is 0. The number of urea groups is 1. The van der Waals surface area contributed by atoms with Crippen molar-refractivity contribution in [1.29, 1.82) is 0 Å². The molecule has 1 aromatic rings. The van der Waals surface area contributed by atoms with E-state index in [9.17, 15) is 13.2 Å². The molecule has 0 spiro atoms. The first-order chi connectivity index (χ1) is 6.93. The molecule has 0 radical (unpaired) electrons. The van der Waals surface area contributed by atoms with E-state index in [4.69, 9.17) is 11.0 Å². The zero-order valence-corrected chi connectivity index (χ0v) is 8.41. The van der Waals surface area contributed by atoms with Crippen molar-refractivity contribution in [2.45, 2.75) is 4.90 Å². The summed E-state index contributed by atoms with van der Waals surface area (Å²) in [7, 11) is -3.71. The van der Waals surface area contributed by atoms with E-state index in [-0.39, 0.29) is 4.90 Å². The van der Waals surface area contributed by atoms with Gasteiger partial charge in [-0.1, -0.05) is 0 Å². The van der Waals surface area contributed by atoms with Gasteiger partial charge in [0.1, 0.15) is 0 Å². The Morgan fingerprint density at radius 1 is 1.20 bits per heavy atom. The lowest BCUT2D eigenvalue weighted by molar-refractivity contribution is 0.252. The van der Waals surface area contributed by atoms with E-state index in [1.54, 1.807) is 0 Å². The van der Waals surface area contributed by atoms with Crippen LogP contribution in [0.5, 0.6) is 0 Å². The fourth-order valence-corrected chi connectivity index (χ4v) is 1.41. The number of primary sulfonamides is 1. The van der Waals surface area contributed by atoms with Crippen molar-refractivity contribution in [3.63, 3.8) is 0 Å². The third-order valence-electron chi connectivity index (χ3n) is 1.57. The Labute approximate surface area is 86.5 Å². The van der Waals surface area contributed by atoms with Crippen LogP contribution in [-0.2, 0) is 10.0 Å². The average Bonchev–Trinajstić information content (AvgIpc) is 2.17. The predicted octanol–water partition coefficient (Wildman–Crippen LogP) is -0.671. The Balaban J connectivity index is 2.86. The van der Waals surface area contributed by atoms with Crippen LogP contribution in [0.1, 0.15) is 0 Å². The second kappa shape index (κ2) is 4.26. The highest BCUT2D eigenvalue weighted by Gasteiger charge is 2.07. The molecule has 1 aromatic carbocycles. The zero-order chi connectivity index (χ0) is 11.5. The molecular weight excluding hydrogens is 220 g/mol. The molecule has 0 unspecified atom stereocenters. The van der Waals surface area contributed by atoms with Gasteiger partial charge < -0.3 is 5.32 Å². The summed E-state index contributed by atoms with van der Waals surface area (Å²) in [4.78, 5) is 10.7. The first-order valence-electron chi connectivity index (χ1n) is 3.84. The predicted molar refractivity (Wildman–Crippen MR) is 54.2 cm³/mol. The van der Waals surface area contributed by atoms with E-state index in [0.717, 1.165) is 0 Å². The summed E-state index contributed by atoms with van der Waals surface area (Å²) in [5.41, 5.74) is 2.27. The van der Waals surface area contributed by atoms with E-state index < -0.39 is 16.1 Å². The van der Waals surface area contributed by atoms with Gasteiger partial charge in [-0.15, -0.1) is 0 Å². The minimum Gasteiger partial charge on any atom is -0.307 e. The van der Waals surface area contributed by atoms with Crippen molar-refractivity contribution >= 4 is 21.7 Å². The van der Waals surface area contributed by atoms with Gasteiger partial charge in [-0.3, -0.25) is 5.43 Å². The normalized spacial score (nSPS) is 10.8. The van der Waals surface area contributed by atoms with Gasteiger partial charge in [0.2, 0.25) is 10.0 Å². The molecule has 7 nitrogen and oxygen atoms in total. The molecule has 82 valence electrons. The van der Waals surface area contributed by atoms with Crippen molar-refractivity contribution in [3.8, 4) is 0 Å². The highest BCUT2D eigenvalue weighted by molar-refractivity contribution is 7.89. The SMILES string of the molecule is NNC(=O)Nc1ccc(S(N)(=O)=O)cc1. The quantitative estimate of drug-likeness (QED) is 0.305. The number of hydrogen-bond donors (Lipinski definition) is 4. The molecule has 0 heterocycles. The van der Waals surface area contributed by atoms with Gasteiger partial charge in [-0.05, 0) is 24.3 Å². The van der Waals surface area contributed by atoms with Gasteiger partial charge in [0.05, 0.1) is 4.90 Å². The summed E-state index contributed by atoms with van der Waals surface area (Å²) in [6.45, 7) is 0. The van der Waals surface area contributed by atoms with E-state index in [2.05, 4.69) is 5.32 Å². The third kappa shape index (κ3) is 3.20. The third-order valence-corrected chi connectivity index (χ3v) is 2.50. The fourth-order valence-electron chi connectivity index (χ4n) is 0.895. The summed E-state index contributed by atoms with van der Waals surface area (Å²) in [5, 5.41) is 7.25. The first-order valence-corrected chi connectivity index (χ1v) is 5.38. The second-order valence-electron chi connectivity index (χ2n) is 2.67. The number of nitrogens with two attached hydrogens (primary N) is 2. The van der Waals surface area contributed by atoms with Crippen LogP contribution in [0.15, 0.2) is 29.2 Å². The highest BCUT2D eigenvalue weighted by atomic mass is 32.2. The molecule has 1 rings (SSSR count). The average molecular weight is 230 g/mol. The fraction of sp³-hybridized carbons (Fsp3) is 0. The molecule has 0 aromatic heterocycles. The molecule has 15 heavy (non-hydrogen) atoms. The van der Waals surface area contributed by atoms with Gasteiger partial charge in [-0.25, -0.2) is 24.2 Å². The molecule has 0 aliphatic heterocycles. The van der Waals surface area contributed by atoms with Crippen LogP contribution in [0.4, 0.5) is 10.5 Å². The Kier molecular flexibility index (Phi) is 3.24. The number of sulfonamides is 1. The van der Waals surface area contributed by atoms with Gasteiger partial charge >= 0.3 is 6.03 Å². The van der Waals surface area contributed by atoms with Crippen molar-refractivity contribution in [2.75, 3.05) is 5.32 Å². The van der Waals surface area contributed by atoms with Crippen molar-refractivity contribution in [3.05, 3.63) is 24.3 Å². The van der Waals surface area contributed by atoms with E-state index in [1.807, 2.05) is 5.43 Å². The second-order valence-corrected chi connectivity index (χ2v) is 4.23. The monoisotopic (exact) mass is 230 g/mol. The standard InChI is InChI=1S/C7H10N4O3S/c8-11-7(12)10-5-1-3-6(4-2-5)15(9,13)14/h1-4H,8H2,(H2,9,13,14)(H2,10,11,12). The summed E-state index contributed by atoms with van der Waals surface area (Å²) < 4.78 is 21.8. The minimum atomic E-state index is -3.71. The molecule has 8 heteroatoms. The van der Waals surface area contributed by atoms with Gasteiger partial charge in [0.15, 0.2) is 0 Å². The topological polar surface area (TPSA) is 127 Å². The lowest BCUT2D eigenvalue weighted by Gasteiger charge is -2.04. The Hall–Kier alpha value is -1.64. The smallest absolute Gasteiger partial charge is 0.307 e. The maximum absolute atomic E-state index is 10.9. The van der Waals surface area contributed by atoms with Crippen LogP contribution in [0.2, 0.25) is 0 Å². The minimum absolute atomic E-state index is 0.0267.